The zero-order chi connectivity index (χ0) is 16.4. The molecule has 23 heavy (non-hydrogen) atoms. The Kier molecular flexibility index (Phi) is 4.90. The summed E-state index contributed by atoms with van der Waals surface area (Å²) in [7, 11) is 0. The van der Waals surface area contributed by atoms with E-state index in [9.17, 15) is 4.79 Å². The van der Waals surface area contributed by atoms with Crippen LogP contribution >= 0.6 is 38.9 Å². The minimum Gasteiger partial charge on any atom is -0.347 e. The third-order valence-corrected chi connectivity index (χ3v) is 5.51. The lowest BCUT2D eigenvalue weighted by Gasteiger charge is -2.11. The van der Waals surface area contributed by atoms with Gasteiger partial charge in [0.25, 0.3) is 5.91 Å². The predicted molar refractivity (Wildman–Crippen MR) is 101 cm³/mol. The number of carbonyl (C=O) groups excluding carboxylic acids is 1. The minimum atomic E-state index is -0.109. The van der Waals surface area contributed by atoms with E-state index in [1.807, 2.05) is 40.3 Å². The molecule has 0 saturated heterocycles. The van der Waals surface area contributed by atoms with Gasteiger partial charge in [0.1, 0.15) is 5.69 Å². The zero-order valence-corrected chi connectivity index (χ0v) is 15.3. The topological polar surface area (TPSA) is 34.0 Å². The van der Waals surface area contributed by atoms with E-state index in [0.29, 0.717) is 23.8 Å². The maximum absolute atomic E-state index is 12.4. The molecule has 0 unspecified atom stereocenters. The van der Waals surface area contributed by atoms with Crippen LogP contribution in [0.15, 0.2) is 52.8 Å². The molecule has 1 amide bonds. The summed E-state index contributed by atoms with van der Waals surface area (Å²) in [6.07, 6.45) is 1.67. The van der Waals surface area contributed by atoms with Gasteiger partial charge in [-0.2, -0.15) is 0 Å². The molecule has 1 N–H and O–H groups in total. The number of amides is 1. The van der Waals surface area contributed by atoms with Gasteiger partial charge < -0.3 is 9.88 Å². The fourth-order valence-electron chi connectivity index (χ4n) is 2.46. The molecule has 0 saturated carbocycles. The number of fused-ring (bicyclic) bond motifs is 1. The number of thiophene rings is 1. The number of aromatic nitrogens is 1. The third kappa shape index (κ3) is 3.37. The van der Waals surface area contributed by atoms with Crippen molar-refractivity contribution in [1.82, 2.24) is 9.88 Å². The average molecular weight is 410 g/mol. The predicted octanol–water partition coefficient (Wildman–Crippen LogP) is 5.08. The highest BCUT2D eigenvalue weighted by Crippen LogP contribution is 2.34. The van der Waals surface area contributed by atoms with Crippen LogP contribution in [0.5, 0.6) is 0 Å². The molecule has 0 spiro atoms. The van der Waals surface area contributed by atoms with E-state index in [0.717, 1.165) is 20.3 Å². The second-order valence-corrected chi connectivity index (χ2v) is 7.24. The molecule has 0 aliphatic rings. The molecule has 2 heterocycles. The van der Waals surface area contributed by atoms with Crippen LogP contribution in [0.1, 0.15) is 16.1 Å². The highest BCUT2D eigenvalue weighted by molar-refractivity contribution is 9.10. The molecule has 3 rings (SSSR count). The SMILES string of the molecule is C=CCNC(=O)c1cc2scc(Br)c2n1Cc1cccc(Cl)c1. The summed E-state index contributed by atoms with van der Waals surface area (Å²) < 4.78 is 4.07. The van der Waals surface area contributed by atoms with Crippen molar-refractivity contribution in [2.75, 3.05) is 6.54 Å². The van der Waals surface area contributed by atoms with Crippen LogP contribution in [0.4, 0.5) is 0 Å². The lowest BCUT2D eigenvalue weighted by Crippen LogP contribution is -2.26. The summed E-state index contributed by atoms with van der Waals surface area (Å²) in [6, 6.07) is 9.60. The van der Waals surface area contributed by atoms with Crippen molar-refractivity contribution >= 4 is 55.0 Å². The summed E-state index contributed by atoms with van der Waals surface area (Å²) in [4.78, 5) is 12.4. The van der Waals surface area contributed by atoms with Crippen molar-refractivity contribution in [2.45, 2.75) is 6.54 Å². The van der Waals surface area contributed by atoms with Gasteiger partial charge in [0.15, 0.2) is 0 Å². The average Bonchev–Trinajstić information content (AvgIpc) is 3.06. The van der Waals surface area contributed by atoms with Crippen LogP contribution in [0.25, 0.3) is 10.2 Å². The van der Waals surface area contributed by atoms with Crippen LogP contribution in [0.2, 0.25) is 5.02 Å². The number of halogens is 2. The second-order valence-electron chi connectivity index (χ2n) is 5.04. The summed E-state index contributed by atoms with van der Waals surface area (Å²) in [5.74, 6) is -0.109. The van der Waals surface area contributed by atoms with Gasteiger partial charge >= 0.3 is 0 Å². The van der Waals surface area contributed by atoms with E-state index in [4.69, 9.17) is 11.6 Å². The van der Waals surface area contributed by atoms with Crippen LogP contribution in [-0.4, -0.2) is 17.0 Å². The fraction of sp³-hybridized carbons (Fsp3) is 0.118. The van der Waals surface area contributed by atoms with Crippen LogP contribution in [0.3, 0.4) is 0 Å². The van der Waals surface area contributed by atoms with Crippen LogP contribution < -0.4 is 5.32 Å². The Labute approximate surface area is 151 Å². The van der Waals surface area contributed by atoms with Gasteiger partial charge in [-0.3, -0.25) is 4.79 Å². The lowest BCUT2D eigenvalue weighted by molar-refractivity contribution is 0.0949. The van der Waals surface area contributed by atoms with Crippen molar-refractivity contribution in [3.63, 3.8) is 0 Å². The summed E-state index contributed by atoms with van der Waals surface area (Å²) in [6.45, 7) is 4.65. The Morgan fingerprint density at radius 2 is 2.26 bits per heavy atom. The molecule has 6 heteroatoms. The quantitative estimate of drug-likeness (QED) is 0.586. The summed E-state index contributed by atoms with van der Waals surface area (Å²) >= 11 is 11.3. The Hall–Kier alpha value is -1.56. The molecule has 0 radical (unpaired) electrons. The monoisotopic (exact) mass is 408 g/mol. The maximum atomic E-state index is 12.4. The molecule has 0 aliphatic heterocycles. The number of rotatable bonds is 5. The van der Waals surface area contributed by atoms with Gasteiger partial charge in [-0.25, -0.2) is 0 Å². The van der Waals surface area contributed by atoms with E-state index in [1.165, 1.54) is 0 Å². The molecular formula is C17H14BrClN2OS. The van der Waals surface area contributed by atoms with E-state index in [1.54, 1.807) is 17.4 Å². The van der Waals surface area contributed by atoms with Crippen molar-refractivity contribution in [3.8, 4) is 0 Å². The molecular weight excluding hydrogens is 396 g/mol. The summed E-state index contributed by atoms with van der Waals surface area (Å²) in [5, 5.41) is 5.56. The van der Waals surface area contributed by atoms with Gasteiger partial charge in [-0.1, -0.05) is 29.8 Å². The van der Waals surface area contributed by atoms with Gasteiger partial charge in [-0.15, -0.1) is 17.9 Å². The molecule has 0 fully saturated rings. The van der Waals surface area contributed by atoms with Gasteiger partial charge in [0, 0.05) is 23.5 Å². The third-order valence-electron chi connectivity index (χ3n) is 3.45. The van der Waals surface area contributed by atoms with Gasteiger partial charge in [0.2, 0.25) is 0 Å². The highest BCUT2D eigenvalue weighted by atomic mass is 79.9. The normalized spacial score (nSPS) is 10.9. The number of benzene rings is 1. The molecule has 0 atom stereocenters. The zero-order valence-electron chi connectivity index (χ0n) is 12.2. The first kappa shape index (κ1) is 16.3. The molecule has 118 valence electrons. The minimum absolute atomic E-state index is 0.109. The van der Waals surface area contributed by atoms with E-state index < -0.39 is 0 Å². The van der Waals surface area contributed by atoms with Crippen LogP contribution in [0, 0.1) is 0 Å². The molecule has 0 aliphatic carbocycles. The molecule has 1 aromatic carbocycles. The van der Waals surface area contributed by atoms with Crippen molar-refractivity contribution in [3.05, 3.63) is 69.1 Å². The summed E-state index contributed by atoms with van der Waals surface area (Å²) in [5.41, 5.74) is 2.71. The first-order valence-electron chi connectivity index (χ1n) is 7.00. The van der Waals surface area contributed by atoms with Crippen molar-refractivity contribution in [1.29, 1.82) is 0 Å². The number of hydrogen-bond acceptors (Lipinski definition) is 2. The first-order valence-corrected chi connectivity index (χ1v) is 9.05. The van der Waals surface area contributed by atoms with Crippen molar-refractivity contribution in [2.24, 2.45) is 0 Å². The Bertz CT molecular complexity index is 884. The van der Waals surface area contributed by atoms with Gasteiger partial charge in [0.05, 0.1) is 14.7 Å². The molecule has 2 aromatic heterocycles. The first-order chi connectivity index (χ1) is 11.1. The second kappa shape index (κ2) is 6.91. The Morgan fingerprint density at radius 1 is 1.43 bits per heavy atom. The Morgan fingerprint density at radius 3 is 3.00 bits per heavy atom. The Balaban J connectivity index is 2.06. The molecule has 0 bridgehead atoms. The number of carbonyl (C=O) groups is 1. The molecule has 3 aromatic rings. The number of nitrogens with zero attached hydrogens (tertiary/aromatic N) is 1. The lowest BCUT2D eigenvalue weighted by atomic mass is 10.2. The standard InChI is InChI=1S/C17H14BrClN2OS/c1-2-6-20-17(22)14-8-15-16(13(18)10-23-15)21(14)9-11-4-3-5-12(19)7-11/h2-5,7-8,10H,1,6,9H2,(H,20,22). The highest BCUT2D eigenvalue weighted by Gasteiger charge is 2.18. The van der Waals surface area contributed by atoms with Crippen molar-refractivity contribution < 1.29 is 4.79 Å². The van der Waals surface area contributed by atoms with Gasteiger partial charge in [-0.05, 0) is 39.7 Å². The van der Waals surface area contributed by atoms with E-state index >= 15 is 0 Å². The molecule has 3 nitrogen and oxygen atoms in total. The largest absolute Gasteiger partial charge is 0.347 e. The smallest absolute Gasteiger partial charge is 0.268 e. The van der Waals surface area contributed by atoms with E-state index in [2.05, 4.69) is 27.8 Å². The fourth-order valence-corrected chi connectivity index (χ4v) is 4.36. The van der Waals surface area contributed by atoms with E-state index in [-0.39, 0.29) is 5.91 Å². The maximum Gasteiger partial charge on any atom is 0.268 e. The number of hydrogen-bond donors (Lipinski definition) is 1. The van der Waals surface area contributed by atoms with Crippen LogP contribution in [-0.2, 0) is 6.54 Å². The number of nitrogens with one attached hydrogen (secondary N) is 1.